The summed E-state index contributed by atoms with van der Waals surface area (Å²) in [6, 6.07) is 7.89. The third-order valence-electron chi connectivity index (χ3n) is 12.2. The topological polar surface area (TPSA) is 128 Å². The first-order chi connectivity index (χ1) is 25.2. The first-order valence-corrected chi connectivity index (χ1v) is 19.6. The van der Waals surface area contributed by atoms with Crippen molar-refractivity contribution in [3.05, 3.63) is 47.4 Å². The van der Waals surface area contributed by atoms with Gasteiger partial charge < -0.3 is 29.5 Å². The Balaban J connectivity index is 1.23. The number of nitrogens with zero attached hydrogens (tertiary/aromatic N) is 4. The van der Waals surface area contributed by atoms with Gasteiger partial charge in [-0.15, -0.1) is 0 Å². The van der Waals surface area contributed by atoms with Crippen LogP contribution < -0.4 is 10.1 Å². The molecule has 0 saturated heterocycles. The number of aromatic carboxylic acids is 1. The summed E-state index contributed by atoms with van der Waals surface area (Å²) in [4.78, 5) is 32.2. The van der Waals surface area contributed by atoms with Gasteiger partial charge in [-0.2, -0.15) is 5.10 Å². The Kier molecular flexibility index (Phi) is 9.38. The van der Waals surface area contributed by atoms with E-state index in [2.05, 4.69) is 51.5 Å². The van der Waals surface area contributed by atoms with E-state index in [0.29, 0.717) is 50.0 Å². The van der Waals surface area contributed by atoms with E-state index in [-0.39, 0.29) is 34.1 Å². The minimum Gasteiger partial charge on any atom is -0.490 e. The normalized spacial score (nSPS) is 27.2. The van der Waals surface area contributed by atoms with Crippen LogP contribution in [0, 0.1) is 29.1 Å². The van der Waals surface area contributed by atoms with E-state index in [1.165, 1.54) is 6.42 Å². The second-order valence-corrected chi connectivity index (χ2v) is 19.5. The van der Waals surface area contributed by atoms with E-state index >= 15 is 0 Å². The molecule has 5 aliphatic rings. The van der Waals surface area contributed by atoms with Crippen LogP contribution in [0.4, 0.5) is 10.5 Å². The van der Waals surface area contributed by atoms with Crippen LogP contribution in [0.1, 0.15) is 109 Å². The molecule has 292 valence electrons. The number of aromatic nitrogens is 3. The minimum absolute atomic E-state index is 0.0205. The van der Waals surface area contributed by atoms with Crippen molar-refractivity contribution in [3.8, 4) is 28.1 Å². The van der Waals surface area contributed by atoms with Gasteiger partial charge in [0.1, 0.15) is 18.0 Å². The summed E-state index contributed by atoms with van der Waals surface area (Å²) >= 11 is 0. The van der Waals surface area contributed by atoms with Crippen molar-refractivity contribution in [3.63, 3.8) is 0 Å². The number of hydrogen-bond acceptors (Lipinski definition) is 8. The molecular weight excluding hydrogens is 683 g/mol. The molecule has 11 heteroatoms. The molecule has 3 unspecified atom stereocenters. The highest BCUT2D eigenvalue weighted by Crippen LogP contribution is 2.70. The van der Waals surface area contributed by atoms with Crippen LogP contribution in [-0.2, 0) is 21.4 Å². The molecule has 4 saturated carbocycles. The van der Waals surface area contributed by atoms with Crippen molar-refractivity contribution < 1.29 is 28.9 Å². The molecular formula is C43H59N5O6. The molecule has 3 heterocycles. The lowest BCUT2D eigenvalue weighted by molar-refractivity contribution is -0.236. The lowest BCUT2D eigenvalue weighted by Gasteiger charge is -2.68. The summed E-state index contributed by atoms with van der Waals surface area (Å²) < 4.78 is 20.4. The maximum Gasteiger partial charge on any atom is 0.410 e. The summed E-state index contributed by atoms with van der Waals surface area (Å²) in [6.45, 7) is 21.8. The highest BCUT2D eigenvalue weighted by molar-refractivity contribution is 5.96. The number of pyridine rings is 1. The van der Waals surface area contributed by atoms with Gasteiger partial charge in [-0.1, -0.05) is 34.6 Å². The van der Waals surface area contributed by atoms with Crippen LogP contribution in [0.15, 0.2) is 30.5 Å². The van der Waals surface area contributed by atoms with Crippen molar-refractivity contribution in [2.75, 3.05) is 38.7 Å². The molecule has 11 nitrogen and oxygen atoms in total. The van der Waals surface area contributed by atoms with Gasteiger partial charge in [0.15, 0.2) is 5.69 Å². The zero-order valence-corrected chi connectivity index (χ0v) is 33.9. The molecule has 8 rings (SSSR count). The molecule has 4 fully saturated rings. The van der Waals surface area contributed by atoms with Gasteiger partial charge in [0.2, 0.25) is 0 Å². The Labute approximate surface area is 320 Å². The number of carbonyl (C=O) groups excluding carboxylic acids is 1. The summed E-state index contributed by atoms with van der Waals surface area (Å²) in [6.07, 6.45) is 7.09. The molecule has 1 aliphatic heterocycles. The fourth-order valence-corrected chi connectivity index (χ4v) is 10.9. The molecule has 0 radical (unpaired) electrons. The Morgan fingerprint density at radius 3 is 2.43 bits per heavy atom. The first-order valence-electron chi connectivity index (χ1n) is 19.6. The Bertz CT molecular complexity index is 1940. The predicted octanol–water partition coefficient (Wildman–Crippen LogP) is 8.58. The third-order valence-corrected chi connectivity index (χ3v) is 12.2. The summed E-state index contributed by atoms with van der Waals surface area (Å²) in [7, 11) is 1.76. The van der Waals surface area contributed by atoms with Gasteiger partial charge in [0, 0.05) is 54.5 Å². The van der Waals surface area contributed by atoms with Gasteiger partial charge in [0.25, 0.3) is 0 Å². The monoisotopic (exact) mass is 741 g/mol. The lowest BCUT2D eigenvalue weighted by atomic mass is 9.39. The summed E-state index contributed by atoms with van der Waals surface area (Å²) in [5, 5.41) is 19.1. The average molecular weight is 742 g/mol. The molecule has 4 aliphatic carbocycles. The van der Waals surface area contributed by atoms with Crippen molar-refractivity contribution in [2.45, 2.75) is 118 Å². The lowest BCUT2D eigenvalue weighted by Crippen LogP contribution is -2.64. The van der Waals surface area contributed by atoms with Gasteiger partial charge in [-0.05, 0) is 112 Å². The molecule has 1 aromatic carbocycles. The smallest absolute Gasteiger partial charge is 0.410 e. The maximum atomic E-state index is 13.1. The number of nitrogens with one attached hydrogen (secondary N) is 1. The highest BCUT2D eigenvalue weighted by Gasteiger charge is 2.65. The number of rotatable bonds is 9. The van der Waals surface area contributed by atoms with Crippen LogP contribution >= 0.6 is 0 Å². The first kappa shape index (κ1) is 38.2. The van der Waals surface area contributed by atoms with Gasteiger partial charge in [0.05, 0.1) is 30.3 Å². The summed E-state index contributed by atoms with van der Waals surface area (Å²) in [5.74, 6) is 0.129. The van der Waals surface area contributed by atoms with Crippen LogP contribution in [0.25, 0.3) is 22.4 Å². The SMILES string of the molecule is Cc1c(-c2c(C(C)(C)C)cc(-c3ccc4c(c3)NCCO4)nc2C(=O)O)cnn1CC12CC3(C)CC(CC(C)(C3)C1)C2OCCN(C)C(=O)OC(C)(C)C. The number of carboxylic acids is 1. The number of amides is 1. The van der Waals surface area contributed by atoms with Gasteiger partial charge >= 0.3 is 12.1 Å². The Morgan fingerprint density at radius 1 is 1.07 bits per heavy atom. The van der Waals surface area contributed by atoms with E-state index in [1.807, 2.05) is 51.2 Å². The second kappa shape index (κ2) is 13.3. The van der Waals surface area contributed by atoms with Crippen LogP contribution in [0.5, 0.6) is 5.75 Å². The number of carbonyl (C=O) groups is 2. The zero-order chi connectivity index (χ0) is 39.0. The minimum atomic E-state index is -1.07. The highest BCUT2D eigenvalue weighted by atomic mass is 16.6. The number of carboxylic acid groups (broad SMARTS) is 1. The molecule has 1 amide bonds. The number of benzene rings is 1. The quantitative estimate of drug-likeness (QED) is 0.222. The van der Waals surface area contributed by atoms with Crippen molar-refractivity contribution >= 4 is 17.7 Å². The molecule has 3 aromatic rings. The molecule has 54 heavy (non-hydrogen) atoms. The van der Waals surface area contributed by atoms with Crippen molar-refractivity contribution in [2.24, 2.45) is 22.2 Å². The maximum absolute atomic E-state index is 13.1. The number of likely N-dealkylation sites (N-methyl/N-ethyl adjacent to an activating group) is 1. The van der Waals surface area contributed by atoms with E-state index in [4.69, 9.17) is 24.3 Å². The second-order valence-electron chi connectivity index (χ2n) is 19.5. The van der Waals surface area contributed by atoms with E-state index in [9.17, 15) is 14.7 Å². The molecule has 3 atom stereocenters. The van der Waals surface area contributed by atoms with Crippen molar-refractivity contribution in [1.29, 1.82) is 0 Å². The van der Waals surface area contributed by atoms with Gasteiger partial charge in [-0.25, -0.2) is 14.6 Å². The number of anilines is 1. The predicted molar refractivity (Wildman–Crippen MR) is 209 cm³/mol. The van der Waals surface area contributed by atoms with Crippen molar-refractivity contribution in [1.82, 2.24) is 19.7 Å². The molecule has 2 N–H and O–H groups in total. The largest absolute Gasteiger partial charge is 0.490 e. The van der Waals surface area contributed by atoms with E-state index in [1.54, 1.807) is 11.9 Å². The molecule has 4 bridgehead atoms. The standard InChI is InChI=1S/C43H59N5O6/c1-26-29(34-30(39(2,3)4)18-31(46-35(34)37(49)50)27-11-12-33-32(17-27)44-13-15-52-33)21-45-48(26)25-43-23-41(8)19-28(20-42(9,22-41)24-43)36(43)53-16-14-47(10)38(51)54-40(5,6)7/h11-12,17-18,21,28,36,44H,13-16,19-20,22-25H2,1-10H3,(H,49,50). The van der Waals surface area contributed by atoms with Crippen LogP contribution in [0.3, 0.4) is 0 Å². The Morgan fingerprint density at radius 2 is 1.78 bits per heavy atom. The molecule has 2 aromatic heterocycles. The van der Waals surface area contributed by atoms with Crippen LogP contribution in [-0.4, -0.2) is 81.9 Å². The fourth-order valence-electron chi connectivity index (χ4n) is 10.9. The average Bonchev–Trinajstić information content (AvgIpc) is 3.41. The molecule has 0 spiro atoms. The Hall–Kier alpha value is -4.12. The summed E-state index contributed by atoms with van der Waals surface area (Å²) in [5.41, 5.74) is 4.89. The third kappa shape index (κ3) is 7.20. The van der Waals surface area contributed by atoms with E-state index < -0.39 is 17.0 Å². The number of ether oxygens (including phenoxy) is 3. The van der Waals surface area contributed by atoms with E-state index in [0.717, 1.165) is 59.5 Å². The number of fused-ring (bicyclic) bond motifs is 1. The zero-order valence-electron chi connectivity index (χ0n) is 33.9. The van der Waals surface area contributed by atoms with Gasteiger partial charge in [-0.3, -0.25) is 4.68 Å². The van der Waals surface area contributed by atoms with Crippen LogP contribution in [0.2, 0.25) is 0 Å². The fraction of sp³-hybridized carbons (Fsp3) is 0.628. The number of hydrogen-bond donors (Lipinski definition) is 2.